The second-order valence-corrected chi connectivity index (χ2v) is 32.2. The van der Waals surface area contributed by atoms with Crippen molar-refractivity contribution >= 4 is 0 Å². The van der Waals surface area contributed by atoms with Crippen molar-refractivity contribution in [3.63, 3.8) is 0 Å². The lowest BCUT2D eigenvalue weighted by atomic mass is 9.97. The lowest BCUT2D eigenvalue weighted by Crippen LogP contribution is -2.00. The highest BCUT2D eigenvalue weighted by Gasteiger charge is 2.27. The van der Waals surface area contributed by atoms with Crippen LogP contribution in [0.2, 0.25) is 0 Å². The Morgan fingerprint density at radius 3 is 0.620 bits per heavy atom. The topological polar surface area (TPSA) is 155 Å². The van der Waals surface area contributed by atoms with E-state index >= 15 is 0 Å². The molecular weight excluding hydrogens is 1570 g/mol. The molecule has 0 radical (unpaired) electrons. The van der Waals surface area contributed by atoms with Crippen molar-refractivity contribution in [3.8, 4) is 203 Å². The molecule has 0 fully saturated rings. The fraction of sp³-hybridized carbons (Fsp3) is 0.0256. The number of rotatable bonds is 15. The molecule has 12 heteroatoms. The molecule has 0 unspecified atom stereocenters. The minimum atomic E-state index is 0.631. The van der Waals surface area contributed by atoms with Gasteiger partial charge in [-0.2, -0.15) is 0 Å². The molecule has 3 aliphatic carbocycles. The van der Waals surface area contributed by atoms with Crippen molar-refractivity contribution in [2.75, 3.05) is 0 Å². The smallest absolute Gasteiger partial charge is 0.164 e. The van der Waals surface area contributed by atoms with Crippen LogP contribution in [-0.4, -0.2) is 59.8 Å². The van der Waals surface area contributed by atoms with E-state index in [1.54, 1.807) is 0 Å². The molecule has 21 aromatic rings. The highest BCUT2D eigenvalue weighted by molar-refractivity contribution is 5.89. The maximum absolute atomic E-state index is 5.03. The van der Waals surface area contributed by atoms with Gasteiger partial charge >= 0.3 is 0 Å². The standard InChI is InChI=1S/3C39H26N4/c1-3-11-26(12-4-1)37-41-38(27-13-5-2-6-14-27)43-39(42-37)32-19-10-17-29(24-32)28-16-9-18-31(23-28)36-35-25-30-15-7-8-20-33(30)34(35)21-22-40-36;1-3-11-26(12-4-1)28-16-9-18-31(23-28)38-41-37(27-13-5-2-6-14-27)42-39(43-38)32-19-10-17-30(24-32)36-35-25-29-15-7-8-20-33(29)34(35)21-22-40-36;1-3-10-28(11-4-1)37-41-38(29-12-5-2-6-13-29)43-39(42-37)32-16-9-15-30(24-32)26-18-20-27(21-19-26)36-35-25-31-14-7-8-17-33(31)34(35)22-23-40-36/h3*1-24H,25H2. The quantitative estimate of drug-likeness (QED) is 0.0959. The molecular formula is C117H78N12. The molecule has 0 spiro atoms. The SMILES string of the molecule is c1ccc(-c2cccc(-c3nc(-c4ccccc4)nc(-c4cccc(-c5nccc6c5Cc5ccccc5-6)c4)n3)c2)cc1.c1ccc(-c2nc(-c3ccccc3)nc(-c3cccc(-c4ccc(-c5nccc6c5Cc5ccccc5-6)cc4)c3)n2)cc1.c1ccc(-c2nc(-c3ccccc3)nc(-c3cccc(-c4cccc(-c5nccc6c5Cc5ccccc5-6)c4)c3)n2)cc1. The number of nitrogens with zero attached hydrogens (tertiary/aromatic N) is 12. The Labute approximate surface area is 747 Å². The highest BCUT2D eigenvalue weighted by atomic mass is 15.1. The van der Waals surface area contributed by atoms with Gasteiger partial charge in [0.05, 0.1) is 17.1 Å². The van der Waals surface area contributed by atoms with Crippen molar-refractivity contribution in [1.82, 2.24) is 59.8 Å². The Hall–Kier alpha value is -17.2. The van der Waals surface area contributed by atoms with Crippen LogP contribution in [0.4, 0.5) is 0 Å². The molecule has 0 aliphatic heterocycles. The minimum absolute atomic E-state index is 0.631. The number of benzene rings is 15. The van der Waals surface area contributed by atoms with Gasteiger partial charge in [0.2, 0.25) is 0 Å². The predicted molar refractivity (Wildman–Crippen MR) is 519 cm³/mol. The van der Waals surface area contributed by atoms with Crippen LogP contribution in [0.25, 0.3) is 203 Å². The molecule has 24 rings (SSSR count). The Morgan fingerprint density at radius 2 is 0.326 bits per heavy atom. The van der Waals surface area contributed by atoms with Crippen molar-refractivity contribution in [2.45, 2.75) is 19.3 Å². The zero-order valence-corrected chi connectivity index (χ0v) is 70.1. The molecule has 6 aromatic heterocycles. The maximum Gasteiger partial charge on any atom is 0.164 e. The average molecular weight is 1650 g/mol. The largest absolute Gasteiger partial charge is 0.256 e. The summed E-state index contributed by atoms with van der Waals surface area (Å²) in [6.45, 7) is 0. The van der Waals surface area contributed by atoms with E-state index in [1.165, 1.54) is 66.8 Å². The molecule has 0 atom stereocenters. The van der Waals surface area contributed by atoms with Crippen LogP contribution < -0.4 is 0 Å². The van der Waals surface area contributed by atoms with E-state index in [-0.39, 0.29) is 0 Å². The van der Waals surface area contributed by atoms with Gasteiger partial charge in [-0.25, -0.2) is 44.9 Å². The first-order valence-electron chi connectivity index (χ1n) is 43.3. The van der Waals surface area contributed by atoms with E-state index in [0.29, 0.717) is 52.4 Å². The van der Waals surface area contributed by atoms with Crippen LogP contribution in [-0.2, 0) is 19.3 Å². The van der Waals surface area contributed by atoms with Gasteiger partial charge in [-0.15, -0.1) is 0 Å². The van der Waals surface area contributed by atoms with E-state index in [2.05, 4.69) is 261 Å². The summed E-state index contributed by atoms with van der Waals surface area (Å²) in [7, 11) is 0. The van der Waals surface area contributed by atoms with Crippen LogP contribution in [0.1, 0.15) is 33.4 Å². The van der Waals surface area contributed by atoms with E-state index in [1.807, 2.05) is 176 Å². The molecule has 3 aliphatic rings. The summed E-state index contributed by atoms with van der Waals surface area (Å²) in [6.07, 6.45) is 8.47. The van der Waals surface area contributed by atoms with Crippen LogP contribution >= 0.6 is 0 Å². The molecule has 6 heterocycles. The number of aromatic nitrogens is 12. The number of pyridine rings is 3. The molecule has 15 aromatic carbocycles. The van der Waals surface area contributed by atoms with Gasteiger partial charge in [0.15, 0.2) is 52.4 Å². The van der Waals surface area contributed by atoms with E-state index in [0.717, 1.165) is 136 Å². The first kappa shape index (κ1) is 77.8. The lowest BCUT2D eigenvalue weighted by molar-refractivity contribution is 1.07. The maximum atomic E-state index is 5.03. The average Bonchev–Trinajstić information content (AvgIpc) is 1.63. The summed E-state index contributed by atoms with van der Waals surface area (Å²) in [5.74, 6) is 5.83. The molecule has 12 nitrogen and oxygen atoms in total. The Morgan fingerprint density at radius 1 is 0.132 bits per heavy atom. The molecule has 0 saturated carbocycles. The fourth-order valence-corrected chi connectivity index (χ4v) is 17.7. The number of fused-ring (bicyclic) bond motifs is 9. The first-order chi connectivity index (χ1) is 63.9. The third-order valence-corrected chi connectivity index (χ3v) is 24.1. The second-order valence-electron chi connectivity index (χ2n) is 32.2. The van der Waals surface area contributed by atoms with Gasteiger partial charge in [-0.3, -0.25) is 15.0 Å². The van der Waals surface area contributed by atoms with E-state index in [9.17, 15) is 0 Å². The minimum Gasteiger partial charge on any atom is -0.256 e. The Balaban J connectivity index is 0.000000114. The van der Waals surface area contributed by atoms with Crippen molar-refractivity contribution < 1.29 is 0 Å². The third kappa shape index (κ3) is 16.1. The molecule has 0 N–H and O–H groups in total. The van der Waals surface area contributed by atoms with E-state index in [4.69, 9.17) is 59.8 Å². The summed E-state index contributed by atoms with van der Waals surface area (Å²) in [5.41, 5.74) is 37.3. The number of hydrogen-bond acceptors (Lipinski definition) is 12. The highest BCUT2D eigenvalue weighted by Crippen LogP contribution is 2.46. The second kappa shape index (κ2) is 34.8. The van der Waals surface area contributed by atoms with Gasteiger partial charge in [-0.05, 0) is 149 Å². The molecule has 0 bridgehead atoms. The van der Waals surface area contributed by atoms with Gasteiger partial charge in [0.25, 0.3) is 0 Å². The zero-order valence-electron chi connectivity index (χ0n) is 70.1. The summed E-state index contributed by atoms with van der Waals surface area (Å²) < 4.78 is 0. The summed E-state index contributed by atoms with van der Waals surface area (Å²) in [5, 5.41) is 0. The van der Waals surface area contributed by atoms with Crippen LogP contribution in [0, 0.1) is 0 Å². The van der Waals surface area contributed by atoms with Gasteiger partial charge in [-0.1, -0.05) is 370 Å². The number of hydrogen-bond donors (Lipinski definition) is 0. The van der Waals surface area contributed by atoms with Crippen molar-refractivity contribution in [2.24, 2.45) is 0 Å². The third-order valence-electron chi connectivity index (χ3n) is 24.1. The predicted octanol–water partition coefficient (Wildman–Crippen LogP) is 27.5. The lowest BCUT2D eigenvalue weighted by Gasteiger charge is -2.11. The summed E-state index contributed by atoms with van der Waals surface area (Å²) >= 11 is 0. The monoisotopic (exact) mass is 1650 g/mol. The van der Waals surface area contributed by atoms with Crippen LogP contribution in [0.5, 0.6) is 0 Å². The summed E-state index contributed by atoms with van der Waals surface area (Å²) in [4.78, 5) is 58.8. The van der Waals surface area contributed by atoms with Crippen molar-refractivity contribution in [1.29, 1.82) is 0 Å². The van der Waals surface area contributed by atoms with Crippen molar-refractivity contribution in [3.05, 3.63) is 471 Å². The zero-order chi connectivity index (χ0) is 85.8. The van der Waals surface area contributed by atoms with Gasteiger partial charge in [0.1, 0.15) is 0 Å². The molecule has 0 saturated heterocycles. The van der Waals surface area contributed by atoms with Gasteiger partial charge in [0, 0.05) is 105 Å². The fourth-order valence-electron chi connectivity index (χ4n) is 17.7. The van der Waals surface area contributed by atoms with Gasteiger partial charge < -0.3 is 0 Å². The van der Waals surface area contributed by atoms with Crippen LogP contribution in [0.3, 0.4) is 0 Å². The molecule has 0 amide bonds. The Kier molecular flexibility index (Phi) is 21.0. The first-order valence-corrected chi connectivity index (χ1v) is 43.3. The summed E-state index contributed by atoms with van der Waals surface area (Å²) in [6, 6.07) is 144. The van der Waals surface area contributed by atoms with E-state index < -0.39 is 0 Å². The molecule has 606 valence electrons. The Bertz CT molecular complexity index is 7630. The van der Waals surface area contributed by atoms with Crippen LogP contribution in [0.15, 0.2) is 437 Å². The molecule has 129 heavy (non-hydrogen) atoms. The normalized spacial score (nSPS) is 11.6.